The van der Waals surface area contributed by atoms with Gasteiger partial charge in [-0.2, -0.15) is 0 Å². The van der Waals surface area contributed by atoms with E-state index in [0.29, 0.717) is 6.54 Å². The van der Waals surface area contributed by atoms with Gasteiger partial charge in [-0.1, -0.05) is 12.1 Å². The fraction of sp³-hybridized carbons (Fsp3) is 0.154. The monoisotopic (exact) mass is 256 g/mol. The van der Waals surface area contributed by atoms with E-state index < -0.39 is 0 Å². The molecule has 0 fully saturated rings. The molecule has 90 valence electrons. The van der Waals surface area contributed by atoms with Gasteiger partial charge in [0.1, 0.15) is 10.8 Å². The van der Waals surface area contributed by atoms with Crippen LogP contribution in [0, 0.1) is 6.92 Å². The van der Waals surface area contributed by atoms with Gasteiger partial charge in [0.15, 0.2) is 0 Å². The quantitative estimate of drug-likeness (QED) is 0.782. The molecule has 2 heterocycles. The van der Waals surface area contributed by atoms with E-state index >= 15 is 0 Å². The number of nitrogens with zero attached hydrogens (tertiary/aromatic N) is 3. The summed E-state index contributed by atoms with van der Waals surface area (Å²) < 4.78 is 0. The summed E-state index contributed by atoms with van der Waals surface area (Å²) in [7, 11) is 0. The average Bonchev–Trinajstić information content (AvgIpc) is 2.82. The Morgan fingerprint density at radius 1 is 1.11 bits per heavy atom. The van der Waals surface area contributed by atoms with E-state index in [0.717, 1.165) is 21.9 Å². The zero-order valence-electron chi connectivity index (χ0n) is 9.92. The molecule has 0 aliphatic heterocycles. The predicted octanol–water partition coefficient (Wildman–Crippen LogP) is 3.01. The Hall–Kier alpha value is -2.01. The molecular formula is C13H12N4S. The summed E-state index contributed by atoms with van der Waals surface area (Å²) in [4.78, 5) is 14.4. The summed E-state index contributed by atoms with van der Waals surface area (Å²) >= 11 is 1.69. The van der Waals surface area contributed by atoms with Crippen LogP contribution >= 0.6 is 11.3 Å². The molecule has 0 radical (unpaired) electrons. The zero-order chi connectivity index (χ0) is 12.4. The smallest absolute Gasteiger partial charge is 0.145 e. The molecule has 1 aromatic carbocycles. The van der Waals surface area contributed by atoms with Crippen LogP contribution in [-0.2, 0) is 6.54 Å². The Morgan fingerprint density at radius 2 is 1.94 bits per heavy atom. The molecule has 3 aromatic rings. The largest absolute Gasteiger partial charge is 0.362 e. The first-order valence-electron chi connectivity index (χ1n) is 5.68. The van der Waals surface area contributed by atoms with Crippen molar-refractivity contribution in [3.05, 3.63) is 46.5 Å². The number of nitrogens with one attached hydrogen (secondary N) is 1. The van der Waals surface area contributed by atoms with E-state index in [-0.39, 0.29) is 0 Å². The molecule has 0 bridgehead atoms. The van der Waals surface area contributed by atoms with Gasteiger partial charge in [0.25, 0.3) is 0 Å². The van der Waals surface area contributed by atoms with Crippen LogP contribution in [0.15, 0.2) is 36.7 Å². The summed E-state index contributed by atoms with van der Waals surface area (Å²) in [6.07, 6.45) is 3.64. The number of hydrogen-bond donors (Lipinski definition) is 1. The fourth-order valence-electron chi connectivity index (χ4n) is 1.69. The number of aromatic nitrogens is 3. The summed E-state index contributed by atoms with van der Waals surface area (Å²) in [5.41, 5.74) is 1.81. The second kappa shape index (κ2) is 4.70. The maximum absolute atomic E-state index is 4.50. The molecule has 0 amide bonds. The van der Waals surface area contributed by atoms with Crippen molar-refractivity contribution in [2.45, 2.75) is 13.5 Å². The molecule has 0 spiro atoms. The van der Waals surface area contributed by atoms with E-state index in [1.165, 1.54) is 4.88 Å². The van der Waals surface area contributed by atoms with Crippen LogP contribution in [0.3, 0.4) is 0 Å². The van der Waals surface area contributed by atoms with Crippen molar-refractivity contribution in [3.63, 3.8) is 0 Å². The van der Waals surface area contributed by atoms with Crippen molar-refractivity contribution >= 4 is 28.2 Å². The highest BCUT2D eigenvalue weighted by molar-refractivity contribution is 7.11. The molecule has 4 nitrogen and oxygen atoms in total. The lowest BCUT2D eigenvalue weighted by atomic mass is 10.3. The maximum atomic E-state index is 4.50. The molecule has 2 aromatic heterocycles. The fourth-order valence-corrected chi connectivity index (χ4v) is 2.42. The highest BCUT2D eigenvalue weighted by atomic mass is 32.1. The third-order valence-corrected chi connectivity index (χ3v) is 3.45. The highest BCUT2D eigenvalue weighted by Crippen LogP contribution is 2.14. The summed E-state index contributed by atoms with van der Waals surface area (Å²) in [5.74, 6) is 0.779. The third kappa shape index (κ3) is 2.31. The normalized spacial score (nSPS) is 10.7. The van der Waals surface area contributed by atoms with Crippen LogP contribution in [0.1, 0.15) is 9.88 Å². The number of aryl methyl sites for hydroxylation is 1. The molecular weight excluding hydrogens is 244 g/mol. The maximum Gasteiger partial charge on any atom is 0.145 e. The van der Waals surface area contributed by atoms with Gasteiger partial charge in [-0.25, -0.2) is 9.97 Å². The third-order valence-electron chi connectivity index (χ3n) is 2.54. The van der Waals surface area contributed by atoms with Gasteiger partial charge in [0.2, 0.25) is 0 Å². The number of rotatable bonds is 3. The molecule has 0 aliphatic rings. The van der Waals surface area contributed by atoms with Crippen LogP contribution < -0.4 is 5.32 Å². The molecule has 0 aliphatic carbocycles. The van der Waals surface area contributed by atoms with Crippen molar-refractivity contribution in [2.75, 3.05) is 5.32 Å². The molecule has 0 saturated heterocycles. The Bertz CT molecular complexity index is 677. The van der Waals surface area contributed by atoms with E-state index in [2.05, 4.69) is 27.2 Å². The van der Waals surface area contributed by atoms with Crippen molar-refractivity contribution < 1.29 is 0 Å². The highest BCUT2D eigenvalue weighted by Gasteiger charge is 2.01. The zero-order valence-corrected chi connectivity index (χ0v) is 10.7. The SMILES string of the molecule is Cc1cnc(CNc2cnc3ccccc3n2)s1. The van der Waals surface area contributed by atoms with Crippen molar-refractivity contribution in [1.29, 1.82) is 0 Å². The van der Waals surface area contributed by atoms with Gasteiger partial charge >= 0.3 is 0 Å². The number of anilines is 1. The number of para-hydroxylation sites is 2. The van der Waals surface area contributed by atoms with Gasteiger partial charge in [-0.05, 0) is 19.1 Å². The molecule has 0 atom stereocenters. The molecule has 1 N–H and O–H groups in total. The van der Waals surface area contributed by atoms with Crippen LogP contribution in [0.25, 0.3) is 11.0 Å². The van der Waals surface area contributed by atoms with Crippen molar-refractivity contribution in [2.24, 2.45) is 0 Å². The van der Waals surface area contributed by atoms with E-state index in [9.17, 15) is 0 Å². The first kappa shape index (κ1) is 11.1. The lowest BCUT2D eigenvalue weighted by Crippen LogP contribution is -2.01. The number of thiazole rings is 1. The predicted molar refractivity (Wildman–Crippen MR) is 73.7 cm³/mol. The van der Waals surface area contributed by atoms with Crippen LogP contribution in [0.2, 0.25) is 0 Å². The van der Waals surface area contributed by atoms with Gasteiger partial charge in [-0.3, -0.25) is 4.98 Å². The minimum Gasteiger partial charge on any atom is -0.362 e. The first-order valence-corrected chi connectivity index (χ1v) is 6.50. The van der Waals surface area contributed by atoms with Crippen LogP contribution in [-0.4, -0.2) is 15.0 Å². The van der Waals surface area contributed by atoms with Gasteiger partial charge in [0.05, 0.1) is 23.8 Å². The summed E-state index contributed by atoms with van der Waals surface area (Å²) in [6.45, 7) is 2.74. The minimum atomic E-state index is 0.686. The van der Waals surface area contributed by atoms with E-state index in [1.54, 1.807) is 17.5 Å². The lowest BCUT2D eigenvalue weighted by molar-refractivity contribution is 1.08. The van der Waals surface area contributed by atoms with Crippen LogP contribution in [0.4, 0.5) is 5.82 Å². The Morgan fingerprint density at radius 3 is 2.72 bits per heavy atom. The second-order valence-corrected chi connectivity index (χ2v) is 5.28. The Labute approximate surface area is 109 Å². The van der Waals surface area contributed by atoms with Gasteiger partial charge in [-0.15, -0.1) is 11.3 Å². The summed E-state index contributed by atoms with van der Waals surface area (Å²) in [5, 5.41) is 4.30. The van der Waals surface area contributed by atoms with Gasteiger partial charge in [0, 0.05) is 11.1 Å². The molecule has 5 heteroatoms. The van der Waals surface area contributed by atoms with Crippen LogP contribution in [0.5, 0.6) is 0 Å². The topological polar surface area (TPSA) is 50.7 Å². The minimum absolute atomic E-state index is 0.686. The van der Waals surface area contributed by atoms with E-state index in [4.69, 9.17) is 0 Å². The lowest BCUT2D eigenvalue weighted by Gasteiger charge is -2.03. The van der Waals surface area contributed by atoms with E-state index in [1.807, 2.05) is 30.5 Å². The van der Waals surface area contributed by atoms with Gasteiger partial charge < -0.3 is 5.32 Å². The standard InChI is InChI=1S/C13H12N4S/c1-9-6-16-13(18-9)8-15-12-7-14-10-4-2-3-5-11(10)17-12/h2-7H,8H2,1H3,(H,15,17). The average molecular weight is 256 g/mol. The molecule has 3 rings (SSSR count). The summed E-state index contributed by atoms with van der Waals surface area (Å²) in [6, 6.07) is 7.84. The molecule has 0 saturated carbocycles. The molecule has 0 unspecified atom stereocenters. The number of benzene rings is 1. The molecule has 18 heavy (non-hydrogen) atoms. The van der Waals surface area contributed by atoms with Crippen molar-refractivity contribution in [1.82, 2.24) is 15.0 Å². The Kier molecular flexibility index (Phi) is 2.90. The number of hydrogen-bond acceptors (Lipinski definition) is 5. The van der Waals surface area contributed by atoms with Crippen molar-refractivity contribution in [3.8, 4) is 0 Å². The second-order valence-electron chi connectivity index (χ2n) is 3.96. The Balaban J connectivity index is 1.78. The number of fused-ring (bicyclic) bond motifs is 1. The first-order chi connectivity index (χ1) is 8.81.